The second-order valence-corrected chi connectivity index (χ2v) is 10.0. The van der Waals surface area contributed by atoms with Crippen LogP contribution in [0.4, 0.5) is 5.69 Å². The molecule has 5 nitrogen and oxygen atoms in total. The van der Waals surface area contributed by atoms with Crippen LogP contribution in [0, 0.1) is 13.8 Å². The third kappa shape index (κ3) is 5.75. The standard InChI is InChI=1S/C26H29ClN2O3S/c1-5-19-10-11-20(6-2)22(14-19)16-28-26(30)21-12-13-23(27)25(15-21)33(31,32)29-24-9-7-8-17(3)18(24)4/h7-15,29H,5-6,16H2,1-4H3,(H,28,30). The van der Waals surface area contributed by atoms with Crippen LogP contribution in [-0.2, 0) is 29.4 Å². The topological polar surface area (TPSA) is 75.3 Å². The number of sulfonamides is 1. The minimum atomic E-state index is -3.99. The second kappa shape index (κ2) is 10.4. The fourth-order valence-electron chi connectivity index (χ4n) is 3.60. The zero-order valence-corrected chi connectivity index (χ0v) is 20.9. The Bertz CT molecular complexity index is 1290. The number of hydrogen-bond donors (Lipinski definition) is 2. The summed E-state index contributed by atoms with van der Waals surface area (Å²) in [4.78, 5) is 12.7. The molecule has 0 radical (unpaired) electrons. The number of amides is 1. The maximum Gasteiger partial charge on any atom is 0.263 e. The SMILES string of the molecule is CCc1ccc(CC)c(CNC(=O)c2ccc(Cl)c(S(=O)(=O)Nc3cccc(C)c3C)c2)c1. The van der Waals surface area contributed by atoms with E-state index in [1.807, 2.05) is 19.9 Å². The number of carbonyl (C=O) groups excluding carboxylic acids is 1. The van der Waals surface area contributed by atoms with Crippen molar-refractivity contribution >= 4 is 33.2 Å². The van der Waals surface area contributed by atoms with Crippen LogP contribution in [0.5, 0.6) is 0 Å². The quantitative estimate of drug-likeness (QED) is 0.423. The van der Waals surface area contributed by atoms with Gasteiger partial charge in [0.25, 0.3) is 15.9 Å². The van der Waals surface area contributed by atoms with Crippen LogP contribution in [0.1, 0.15) is 52.0 Å². The Morgan fingerprint density at radius 3 is 2.39 bits per heavy atom. The molecule has 0 saturated heterocycles. The summed E-state index contributed by atoms with van der Waals surface area (Å²) in [5, 5.41) is 2.96. The van der Waals surface area contributed by atoms with Crippen LogP contribution < -0.4 is 10.0 Å². The first-order valence-corrected chi connectivity index (χ1v) is 12.8. The highest BCUT2D eigenvalue weighted by atomic mass is 35.5. The Morgan fingerprint density at radius 2 is 1.70 bits per heavy atom. The molecule has 174 valence electrons. The van der Waals surface area contributed by atoms with Gasteiger partial charge in [-0.05, 0) is 78.8 Å². The summed E-state index contributed by atoms with van der Waals surface area (Å²) in [6.45, 7) is 8.28. The van der Waals surface area contributed by atoms with Gasteiger partial charge >= 0.3 is 0 Å². The molecule has 0 spiro atoms. The molecular weight excluding hydrogens is 456 g/mol. The Morgan fingerprint density at radius 1 is 0.939 bits per heavy atom. The van der Waals surface area contributed by atoms with Crippen LogP contribution in [-0.4, -0.2) is 14.3 Å². The molecule has 0 aliphatic rings. The number of nitrogens with one attached hydrogen (secondary N) is 2. The van der Waals surface area contributed by atoms with E-state index in [-0.39, 0.29) is 21.4 Å². The van der Waals surface area contributed by atoms with Crippen molar-refractivity contribution in [1.29, 1.82) is 0 Å². The number of aryl methyl sites for hydroxylation is 3. The summed E-state index contributed by atoms with van der Waals surface area (Å²) >= 11 is 6.22. The van der Waals surface area contributed by atoms with Crippen molar-refractivity contribution in [3.63, 3.8) is 0 Å². The van der Waals surface area contributed by atoms with Crippen molar-refractivity contribution < 1.29 is 13.2 Å². The number of halogens is 1. The molecule has 0 fully saturated rings. The van der Waals surface area contributed by atoms with Gasteiger partial charge in [0.15, 0.2) is 0 Å². The molecule has 1 amide bonds. The van der Waals surface area contributed by atoms with Crippen LogP contribution in [0.3, 0.4) is 0 Å². The smallest absolute Gasteiger partial charge is 0.263 e. The van der Waals surface area contributed by atoms with Crippen LogP contribution >= 0.6 is 11.6 Å². The minimum absolute atomic E-state index is 0.0493. The molecule has 3 aromatic rings. The lowest BCUT2D eigenvalue weighted by Crippen LogP contribution is -2.24. The lowest BCUT2D eigenvalue weighted by atomic mass is 10.0. The Balaban J connectivity index is 1.84. The molecule has 2 N–H and O–H groups in total. The van der Waals surface area contributed by atoms with Gasteiger partial charge in [-0.25, -0.2) is 8.42 Å². The van der Waals surface area contributed by atoms with E-state index in [0.29, 0.717) is 12.2 Å². The molecule has 3 aromatic carbocycles. The molecule has 0 aliphatic heterocycles. The molecule has 0 aliphatic carbocycles. The maximum absolute atomic E-state index is 13.1. The third-order valence-corrected chi connectivity index (χ3v) is 7.68. The predicted molar refractivity (Wildman–Crippen MR) is 135 cm³/mol. The number of rotatable bonds is 8. The molecule has 3 rings (SSSR count). The zero-order chi connectivity index (χ0) is 24.2. The minimum Gasteiger partial charge on any atom is -0.348 e. The molecule has 0 bridgehead atoms. The first-order valence-electron chi connectivity index (χ1n) is 10.9. The van der Waals surface area contributed by atoms with E-state index < -0.39 is 10.0 Å². The van der Waals surface area contributed by atoms with Crippen molar-refractivity contribution in [1.82, 2.24) is 5.32 Å². The molecule has 7 heteroatoms. The molecule has 33 heavy (non-hydrogen) atoms. The Kier molecular flexibility index (Phi) is 7.82. The van der Waals surface area contributed by atoms with Gasteiger partial charge in [-0.15, -0.1) is 0 Å². The van der Waals surface area contributed by atoms with Crippen molar-refractivity contribution in [2.24, 2.45) is 0 Å². The lowest BCUT2D eigenvalue weighted by molar-refractivity contribution is 0.0950. The highest BCUT2D eigenvalue weighted by molar-refractivity contribution is 7.92. The zero-order valence-electron chi connectivity index (χ0n) is 19.3. The van der Waals surface area contributed by atoms with E-state index in [1.165, 1.54) is 29.3 Å². The Labute approximate surface area is 201 Å². The van der Waals surface area contributed by atoms with E-state index in [9.17, 15) is 13.2 Å². The van der Waals surface area contributed by atoms with Gasteiger partial charge < -0.3 is 5.32 Å². The molecule has 0 heterocycles. The fourth-order valence-corrected chi connectivity index (χ4v) is 5.25. The van der Waals surface area contributed by atoms with E-state index in [2.05, 4.69) is 42.1 Å². The van der Waals surface area contributed by atoms with Crippen molar-refractivity contribution in [3.05, 3.63) is 93.0 Å². The van der Waals surface area contributed by atoms with Gasteiger partial charge in [-0.3, -0.25) is 9.52 Å². The van der Waals surface area contributed by atoms with Crippen LogP contribution in [0.15, 0.2) is 59.5 Å². The van der Waals surface area contributed by atoms with E-state index in [1.54, 1.807) is 12.1 Å². The summed E-state index contributed by atoms with van der Waals surface area (Å²) in [5.74, 6) is -0.362. The number of anilines is 1. The third-order valence-electron chi connectivity index (χ3n) is 5.83. The number of hydrogen-bond acceptors (Lipinski definition) is 3. The fraction of sp³-hybridized carbons (Fsp3) is 0.269. The van der Waals surface area contributed by atoms with Crippen LogP contribution in [0.25, 0.3) is 0 Å². The van der Waals surface area contributed by atoms with Gasteiger partial charge in [-0.1, -0.05) is 55.8 Å². The van der Waals surface area contributed by atoms with Crippen molar-refractivity contribution in [2.75, 3.05) is 4.72 Å². The first kappa shape index (κ1) is 24.8. The van der Waals surface area contributed by atoms with E-state index >= 15 is 0 Å². The van der Waals surface area contributed by atoms with Crippen molar-refractivity contribution in [3.8, 4) is 0 Å². The largest absolute Gasteiger partial charge is 0.348 e. The van der Waals surface area contributed by atoms with E-state index in [4.69, 9.17) is 11.6 Å². The molecule has 0 atom stereocenters. The van der Waals surface area contributed by atoms with Gasteiger partial charge in [0.05, 0.1) is 10.7 Å². The lowest BCUT2D eigenvalue weighted by Gasteiger charge is -2.14. The number of carbonyl (C=O) groups is 1. The first-order chi connectivity index (χ1) is 15.7. The molecular formula is C26H29ClN2O3S. The van der Waals surface area contributed by atoms with Gasteiger partial charge in [-0.2, -0.15) is 0 Å². The summed E-state index contributed by atoms with van der Waals surface area (Å²) in [6.07, 6.45) is 1.78. The van der Waals surface area contributed by atoms with Gasteiger partial charge in [0.1, 0.15) is 4.90 Å². The molecule has 0 unspecified atom stereocenters. The van der Waals surface area contributed by atoms with Crippen molar-refractivity contribution in [2.45, 2.75) is 52.0 Å². The number of benzene rings is 3. The maximum atomic E-state index is 13.1. The second-order valence-electron chi connectivity index (χ2n) is 7.99. The van der Waals surface area contributed by atoms with Gasteiger partial charge in [0.2, 0.25) is 0 Å². The summed E-state index contributed by atoms with van der Waals surface area (Å²) in [6, 6.07) is 15.9. The Hall–Kier alpha value is -2.83. The summed E-state index contributed by atoms with van der Waals surface area (Å²) < 4.78 is 28.7. The van der Waals surface area contributed by atoms with E-state index in [0.717, 1.165) is 29.5 Å². The predicted octanol–water partition coefficient (Wildman–Crippen LogP) is 5.81. The summed E-state index contributed by atoms with van der Waals surface area (Å²) in [7, 11) is -3.99. The van der Waals surface area contributed by atoms with Crippen LogP contribution in [0.2, 0.25) is 5.02 Å². The van der Waals surface area contributed by atoms with Gasteiger partial charge in [0, 0.05) is 12.1 Å². The highest BCUT2D eigenvalue weighted by Crippen LogP contribution is 2.27. The normalized spacial score (nSPS) is 11.3. The average molecular weight is 485 g/mol. The molecule has 0 saturated carbocycles. The summed E-state index contributed by atoms with van der Waals surface area (Å²) in [5.41, 5.74) is 5.93. The monoisotopic (exact) mass is 484 g/mol. The average Bonchev–Trinajstić information content (AvgIpc) is 2.80. The molecule has 0 aromatic heterocycles. The highest BCUT2D eigenvalue weighted by Gasteiger charge is 2.21.